The number of aryl methyl sites for hydroxylation is 1. The second-order valence-electron chi connectivity index (χ2n) is 3.15. The predicted octanol–water partition coefficient (Wildman–Crippen LogP) is 2.06. The maximum absolute atomic E-state index is 10.2. The van der Waals surface area contributed by atoms with Gasteiger partial charge in [0.15, 0.2) is 0 Å². The Labute approximate surface area is 83.8 Å². The fourth-order valence-electron chi connectivity index (χ4n) is 1.26. The molecule has 0 spiro atoms. The minimum absolute atomic E-state index is 0.473. The van der Waals surface area contributed by atoms with E-state index in [4.69, 9.17) is 5.11 Å². The molecule has 76 valence electrons. The van der Waals surface area contributed by atoms with E-state index in [0.717, 1.165) is 18.4 Å². The van der Waals surface area contributed by atoms with Crippen LogP contribution in [-0.4, -0.2) is 17.7 Å². The van der Waals surface area contributed by atoms with E-state index in [2.05, 4.69) is 24.4 Å². The predicted molar refractivity (Wildman–Crippen MR) is 55.6 cm³/mol. The van der Waals surface area contributed by atoms with Crippen molar-refractivity contribution in [2.75, 3.05) is 6.54 Å². The topological polar surface area (TPSA) is 49.3 Å². The van der Waals surface area contributed by atoms with Gasteiger partial charge in [-0.1, -0.05) is 31.2 Å². The summed E-state index contributed by atoms with van der Waals surface area (Å²) in [7, 11) is 0. The molecular formula is C11H15NO2. The van der Waals surface area contributed by atoms with Crippen molar-refractivity contribution in [2.24, 2.45) is 0 Å². The second-order valence-corrected chi connectivity index (χ2v) is 3.15. The molecule has 1 rings (SSSR count). The summed E-state index contributed by atoms with van der Waals surface area (Å²) in [4.78, 5) is 10.2. The molecule has 1 aromatic rings. The number of benzene rings is 1. The van der Waals surface area contributed by atoms with Gasteiger partial charge in [-0.05, 0) is 24.0 Å². The van der Waals surface area contributed by atoms with Crippen LogP contribution in [0.15, 0.2) is 24.3 Å². The molecule has 0 aromatic heterocycles. The third-order valence-corrected chi connectivity index (χ3v) is 2.12. The number of hydrogen-bond acceptors (Lipinski definition) is 1. The average molecular weight is 193 g/mol. The van der Waals surface area contributed by atoms with Crippen LogP contribution >= 0.6 is 0 Å². The fourth-order valence-corrected chi connectivity index (χ4v) is 1.26. The molecule has 0 saturated heterocycles. The summed E-state index contributed by atoms with van der Waals surface area (Å²) in [6.07, 6.45) is 0.819. The van der Waals surface area contributed by atoms with E-state index >= 15 is 0 Å². The van der Waals surface area contributed by atoms with Gasteiger partial charge < -0.3 is 10.4 Å². The van der Waals surface area contributed by atoms with Gasteiger partial charge in [0, 0.05) is 6.54 Å². The van der Waals surface area contributed by atoms with Gasteiger partial charge in [-0.15, -0.1) is 0 Å². The van der Waals surface area contributed by atoms with Crippen molar-refractivity contribution in [3.8, 4) is 0 Å². The number of nitrogens with one attached hydrogen (secondary N) is 1. The fraction of sp³-hybridized carbons (Fsp3) is 0.364. The second kappa shape index (κ2) is 5.27. The Morgan fingerprint density at radius 1 is 1.29 bits per heavy atom. The van der Waals surface area contributed by atoms with E-state index in [1.54, 1.807) is 0 Å². The van der Waals surface area contributed by atoms with Crippen molar-refractivity contribution < 1.29 is 9.90 Å². The number of carbonyl (C=O) groups is 1. The molecule has 0 unspecified atom stereocenters. The third kappa shape index (κ3) is 3.47. The van der Waals surface area contributed by atoms with E-state index in [-0.39, 0.29) is 0 Å². The van der Waals surface area contributed by atoms with Crippen LogP contribution in [0.2, 0.25) is 0 Å². The minimum atomic E-state index is -0.963. The zero-order valence-corrected chi connectivity index (χ0v) is 8.29. The van der Waals surface area contributed by atoms with Gasteiger partial charge in [-0.25, -0.2) is 4.79 Å². The zero-order valence-electron chi connectivity index (χ0n) is 8.29. The molecule has 3 nitrogen and oxygen atoms in total. The Balaban J connectivity index is 2.40. The third-order valence-electron chi connectivity index (χ3n) is 2.12. The SMILES string of the molecule is CCc1ccc(CCNC(=O)O)cc1. The smallest absolute Gasteiger partial charge is 0.404 e. The van der Waals surface area contributed by atoms with Crippen molar-refractivity contribution >= 4 is 6.09 Å². The maximum atomic E-state index is 10.2. The highest BCUT2D eigenvalue weighted by molar-refractivity contribution is 5.64. The first kappa shape index (κ1) is 10.6. The molecule has 0 heterocycles. The lowest BCUT2D eigenvalue weighted by Crippen LogP contribution is -2.23. The molecule has 0 aliphatic heterocycles. The van der Waals surface area contributed by atoms with Crippen molar-refractivity contribution in [3.05, 3.63) is 35.4 Å². The number of amides is 1. The van der Waals surface area contributed by atoms with Crippen LogP contribution in [0.25, 0.3) is 0 Å². The molecule has 14 heavy (non-hydrogen) atoms. The van der Waals surface area contributed by atoms with Gasteiger partial charge in [0.25, 0.3) is 0 Å². The van der Waals surface area contributed by atoms with Gasteiger partial charge in [0.05, 0.1) is 0 Å². The summed E-state index contributed by atoms with van der Waals surface area (Å²) in [5.74, 6) is 0. The van der Waals surface area contributed by atoms with Gasteiger partial charge >= 0.3 is 6.09 Å². The molecule has 2 N–H and O–H groups in total. The molecule has 0 atom stereocenters. The lowest BCUT2D eigenvalue weighted by molar-refractivity contribution is 0.194. The van der Waals surface area contributed by atoms with Crippen LogP contribution in [-0.2, 0) is 12.8 Å². The zero-order chi connectivity index (χ0) is 10.4. The van der Waals surface area contributed by atoms with Crippen molar-refractivity contribution in [1.82, 2.24) is 5.32 Å². The van der Waals surface area contributed by atoms with E-state index in [1.807, 2.05) is 12.1 Å². The quantitative estimate of drug-likeness (QED) is 0.769. The molecule has 0 fully saturated rings. The Hall–Kier alpha value is -1.51. The summed E-state index contributed by atoms with van der Waals surface area (Å²) in [6, 6.07) is 8.25. The summed E-state index contributed by atoms with van der Waals surface area (Å²) < 4.78 is 0. The van der Waals surface area contributed by atoms with Crippen LogP contribution in [0.4, 0.5) is 4.79 Å². The van der Waals surface area contributed by atoms with E-state index in [9.17, 15) is 4.79 Å². The molecule has 0 aliphatic rings. The van der Waals surface area contributed by atoms with Gasteiger partial charge in [-0.3, -0.25) is 0 Å². The van der Waals surface area contributed by atoms with Gasteiger partial charge in [0.2, 0.25) is 0 Å². The number of hydrogen-bond donors (Lipinski definition) is 2. The Bertz CT molecular complexity index is 293. The van der Waals surface area contributed by atoms with Crippen LogP contribution < -0.4 is 5.32 Å². The van der Waals surface area contributed by atoms with Crippen molar-refractivity contribution in [1.29, 1.82) is 0 Å². The molecule has 0 bridgehead atoms. The van der Waals surface area contributed by atoms with Gasteiger partial charge in [-0.2, -0.15) is 0 Å². The largest absolute Gasteiger partial charge is 0.465 e. The van der Waals surface area contributed by atoms with Crippen LogP contribution in [0.3, 0.4) is 0 Å². The number of rotatable bonds is 4. The summed E-state index contributed by atoms with van der Waals surface area (Å²) >= 11 is 0. The van der Waals surface area contributed by atoms with E-state index in [1.165, 1.54) is 5.56 Å². The van der Waals surface area contributed by atoms with E-state index in [0.29, 0.717) is 6.54 Å². The highest BCUT2D eigenvalue weighted by atomic mass is 16.4. The highest BCUT2D eigenvalue weighted by Gasteiger charge is 1.96. The first-order valence-electron chi connectivity index (χ1n) is 4.77. The molecule has 0 aliphatic carbocycles. The maximum Gasteiger partial charge on any atom is 0.404 e. The van der Waals surface area contributed by atoms with Gasteiger partial charge in [0.1, 0.15) is 0 Å². The Morgan fingerprint density at radius 3 is 2.36 bits per heavy atom. The summed E-state index contributed by atoms with van der Waals surface area (Å²) in [6.45, 7) is 2.59. The standard InChI is InChI=1S/C11H15NO2/c1-2-9-3-5-10(6-4-9)7-8-12-11(13)14/h3-6,12H,2,7-8H2,1H3,(H,13,14). The Kier molecular flexibility index (Phi) is 3.98. The first-order chi connectivity index (χ1) is 6.72. The van der Waals surface area contributed by atoms with Crippen molar-refractivity contribution in [3.63, 3.8) is 0 Å². The number of carboxylic acid groups (broad SMARTS) is 1. The Morgan fingerprint density at radius 2 is 1.86 bits per heavy atom. The van der Waals surface area contributed by atoms with Crippen LogP contribution in [0.1, 0.15) is 18.1 Å². The summed E-state index contributed by atoms with van der Waals surface area (Å²) in [5, 5.41) is 10.7. The minimum Gasteiger partial charge on any atom is -0.465 e. The lowest BCUT2D eigenvalue weighted by atomic mass is 10.1. The van der Waals surface area contributed by atoms with E-state index < -0.39 is 6.09 Å². The molecule has 3 heteroatoms. The van der Waals surface area contributed by atoms with Crippen molar-refractivity contribution in [2.45, 2.75) is 19.8 Å². The lowest BCUT2D eigenvalue weighted by Gasteiger charge is -2.02. The normalized spacial score (nSPS) is 9.79. The molecule has 0 saturated carbocycles. The molecular weight excluding hydrogens is 178 g/mol. The molecule has 0 radical (unpaired) electrons. The average Bonchev–Trinajstić information content (AvgIpc) is 2.18. The monoisotopic (exact) mass is 193 g/mol. The van der Waals surface area contributed by atoms with Crippen LogP contribution in [0.5, 0.6) is 0 Å². The molecule has 1 aromatic carbocycles. The first-order valence-corrected chi connectivity index (χ1v) is 4.77. The summed E-state index contributed by atoms with van der Waals surface area (Å²) in [5.41, 5.74) is 2.47. The highest BCUT2D eigenvalue weighted by Crippen LogP contribution is 2.05. The van der Waals surface area contributed by atoms with Crippen LogP contribution in [0, 0.1) is 0 Å². The molecule has 1 amide bonds.